The lowest BCUT2D eigenvalue weighted by Gasteiger charge is -2.19. The maximum absolute atomic E-state index is 11.5. The fraction of sp³-hybridized carbons (Fsp3) is 0.333. The van der Waals surface area contributed by atoms with Crippen LogP contribution in [-0.2, 0) is 4.74 Å². The molecule has 2 aromatic rings. The standard InChI is InChI=1S/C10H12ClN5O2.C2H4/c1-10(2,3)18-9(17)16-8-14-6(11)5-7(15-8)13-4-12-5;1-2/h4H,1-3H3,(H2,12,13,14,15,16,17);1-2H2. The number of carbonyl (C=O) groups excluding carboxylic acids is 1. The summed E-state index contributed by atoms with van der Waals surface area (Å²) in [6, 6.07) is 0. The molecule has 0 saturated heterocycles. The lowest BCUT2D eigenvalue weighted by atomic mass is 10.2. The van der Waals surface area contributed by atoms with Crippen LogP contribution in [0.3, 0.4) is 0 Å². The van der Waals surface area contributed by atoms with Crippen molar-refractivity contribution in [2.24, 2.45) is 0 Å². The first-order chi connectivity index (χ1) is 9.35. The first kappa shape index (κ1) is 15.9. The van der Waals surface area contributed by atoms with Crippen molar-refractivity contribution in [1.82, 2.24) is 19.9 Å². The van der Waals surface area contributed by atoms with Crippen LogP contribution in [0, 0.1) is 0 Å². The molecule has 0 unspecified atom stereocenters. The van der Waals surface area contributed by atoms with Gasteiger partial charge >= 0.3 is 6.09 Å². The zero-order valence-electron chi connectivity index (χ0n) is 11.5. The number of carbonyl (C=O) groups is 1. The average Bonchev–Trinajstić information content (AvgIpc) is 2.77. The summed E-state index contributed by atoms with van der Waals surface area (Å²) in [6.07, 6.45) is 0.802. The highest BCUT2D eigenvalue weighted by atomic mass is 35.5. The minimum absolute atomic E-state index is 0.0499. The van der Waals surface area contributed by atoms with Crippen LogP contribution in [0.25, 0.3) is 11.2 Å². The van der Waals surface area contributed by atoms with Gasteiger partial charge in [-0.3, -0.25) is 5.32 Å². The van der Waals surface area contributed by atoms with E-state index in [-0.39, 0.29) is 11.1 Å². The first-order valence-electron chi connectivity index (χ1n) is 5.72. The number of H-pyrrole nitrogens is 1. The summed E-state index contributed by atoms with van der Waals surface area (Å²) in [4.78, 5) is 26.2. The molecule has 0 fully saturated rings. The molecular weight excluding hydrogens is 282 g/mol. The van der Waals surface area contributed by atoms with E-state index in [1.54, 1.807) is 20.8 Å². The molecule has 2 rings (SSSR count). The van der Waals surface area contributed by atoms with Crippen molar-refractivity contribution in [3.63, 3.8) is 0 Å². The number of amides is 1. The number of ether oxygens (including phenoxy) is 1. The zero-order valence-corrected chi connectivity index (χ0v) is 12.3. The second kappa shape index (κ2) is 6.33. The van der Waals surface area contributed by atoms with E-state index < -0.39 is 11.7 Å². The van der Waals surface area contributed by atoms with Crippen LogP contribution in [0.1, 0.15) is 20.8 Å². The molecule has 0 aromatic carbocycles. The third kappa shape index (κ3) is 4.20. The Hall–Kier alpha value is -2.15. The summed E-state index contributed by atoms with van der Waals surface area (Å²) in [7, 11) is 0. The van der Waals surface area contributed by atoms with E-state index in [1.807, 2.05) is 0 Å². The number of hydrogen-bond acceptors (Lipinski definition) is 5. The minimum Gasteiger partial charge on any atom is -0.444 e. The maximum Gasteiger partial charge on any atom is 0.414 e. The number of halogens is 1. The van der Waals surface area contributed by atoms with Crippen LogP contribution in [0.15, 0.2) is 19.5 Å². The number of anilines is 1. The number of aromatic nitrogens is 4. The predicted molar refractivity (Wildman–Crippen MR) is 77.8 cm³/mol. The molecule has 20 heavy (non-hydrogen) atoms. The monoisotopic (exact) mass is 297 g/mol. The van der Waals surface area contributed by atoms with Crippen LogP contribution in [0.4, 0.5) is 10.7 Å². The van der Waals surface area contributed by atoms with Crippen molar-refractivity contribution >= 4 is 34.8 Å². The molecule has 7 nitrogen and oxygen atoms in total. The van der Waals surface area contributed by atoms with Gasteiger partial charge < -0.3 is 9.72 Å². The first-order valence-corrected chi connectivity index (χ1v) is 6.09. The molecule has 108 valence electrons. The van der Waals surface area contributed by atoms with Gasteiger partial charge in [-0.15, -0.1) is 13.2 Å². The molecule has 2 N–H and O–H groups in total. The molecule has 0 saturated carbocycles. The van der Waals surface area contributed by atoms with Gasteiger partial charge in [0.25, 0.3) is 0 Å². The van der Waals surface area contributed by atoms with Crippen LogP contribution in [0.2, 0.25) is 5.15 Å². The average molecular weight is 298 g/mol. The second-order valence-corrected chi connectivity index (χ2v) is 4.92. The summed E-state index contributed by atoms with van der Waals surface area (Å²) in [6.45, 7) is 11.3. The number of fused-ring (bicyclic) bond motifs is 1. The summed E-state index contributed by atoms with van der Waals surface area (Å²) in [5.41, 5.74) is 0.303. The van der Waals surface area contributed by atoms with Crippen molar-refractivity contribution in [1.29, 1.82) is 0 Å². The lowest BCUT2D eigenvalue weighted by molar-refractivity contribution is 0.0634. The van der Waals surface area contributed by atoms with Crippen LogP contribution >= 0.6 is 11.6 Å². The molecule has 2 aromatic heterocycles. The highest BCUT2D eigenvalue weighted by Crippen LogP contribution is 2.18. The van der Waals surface area contributed by atoms with Gasteiger partial charge in [0.15, 0.2) is 10.8 Å². The molecule has 1 amide bonds. The summed E-state index contributed by atoms with van der Waals surface area (Å²) < 4.78 is 5.07. The fourth-order valence-electron chi connectivity index (χ4n) is 1.25. The highest BCUT2D eigenvalue weighted by molar-refractivity contribution is 6.33. The van der Waals surface area contributed by atoms with Crippen LogP contribution < -0.4 is 5.32 Å². The largest absolute Gasteiger partial charge is 0.444 e. The van der Waals surface area contributed by atoms with Crippen LogP contribution in [0.5, 0.6) is 0 Å². The Balaban J connectivity index is 0.000000956. The predicted octanol–water partition coefficient (Wildman–Crippen LogP) is 3.16. The topological polar surface area (TPSA) is 92.8 Å². The summed E-state index contributed by atoms with van der Waals surface area (Å²) in [5, 5.41) is 2.58. The molecule has 0 radical (unpaired) electrons. The number of aromatic amines is 1. The number of nitrogens with one attached hydrogen (secondary N) is 2. The number of rotatable bonds is 1. The van der Waals surface area contributed by atoms with Crippen molar-refractivity contribution < 1.29 is 9.53 Å². The molecule has 0 aliphatic rings. The van der Waals surface area contributed by atoms with Gasteiger partial charge in [0.2, 0.25) is 5.95 Å². The molecule has 0 atom stereocenters. The third-order valence-electron chi connectivity index (χ3n) is 1.85. The Bertz CT molecular complexity index is 605. The summed E-state index contributed by atoms with van der Waals surface area (Å²) >= 11 is 5.91. The Morgan fingerprint density at radius 1 is 1.40 bits per heavy atom. The molecule has 0 spiro atoms. The number of nitrogens with zero attached hydrogens (tertiary/aromatic N) is 3. The molecule has 2 heterocycles. The van der Waals surface area contributed by atoms with Gasteiger partial charge in [-0.05, 0) is 20.8 Å². The van der Waals surface area contributed by atoms with Crippen molar-refractivity contribution in [3.05, 3.63) is 24.6 Å². The highest BCUT2D eigenvalue weighted by Gasteiger charge is 2.18. The van der Waals surface area contributed by atoms with E-state index in [0.717, 1.165) is 0 Å². The minimum atomic E-state index is -0.645. The SMILES string of the molecule is C=C.CC(C)(C)OC(=O)Nc1nc(Cl)c2[nH]cnc2n1. The van der Waals surface area contributed by atoms with E-state index in [2.05, 4.69) is 38.4 Å². The van der Waals surface area contributed by atoms with Crippen molar-refractivity contribution in [2.45, 2.75) is 26.4 Å². The zero-order chi connectivity index (χ0) is 15.3. The molecule has 8 heteroatoms. The second-order valence-electron chi connectivity index (χ2n) is 4.57. The Labute approximate surface area is 121 Å². The molecular formula is C12H16ClN5O2. The van der Waals surface area contributed by atoms with Gasteiger partial charge in [-0.1, -0.05) is 11.6 Å². The number of hydrogen-bond donors (Lipinski definition) is 2. The van der Waals surface area contributed by atoms with E-state index in [4.69, 9.17) is 16.3 Å². The third-order valence-corrected chi connectivity index (χ3v) is 2.13. The van der Waals surface area contributed by atoms with Crippen LogP contribution in [-0.4, -0.2) is 31.6 Å². The smallest absolute Gasteiger partial charge is 0.414 e. The summed E-state index contributed by atoms with van der Waals surface area (Å²) in [5.74, 6) is 0.0499. The maximum atomic E-state index is 11.5. The quantitative estimate of drug-likeness (QED) is 0.623. The van der Waals surface area contributed by atoms with E-state index >= 15 is 0 Å². The normalized spacial score (nSPS) is 10.6. The van der Waals surface area contributed by atoms with Gasteiger partial charge in [-0.25, -0.2) is 9.78 Å². The molecule has 0 aliphatic heterocycles. The van der Waals surface area contributed by atoms with Gasteiger partial charge in [0.1, 0.15) is 11.1 Å². The molecule has 0 bridgehead atoms. The number of imidazole rings is 1. The fourth-order valence-corrected chi connectivity index (χ4v) is 1.47. The van der Waals surface area contributed by atoms with E-state index in [0.29, 0.717) is 11.2 Å². The lowest BCUT2D eigenvalue weighted by Crippen LogP contribution is -2.27. The Morgan fingerprint density at radius 2 is 2.05 bits per heavy atom. The Morgan fingerprint density at radius 3 is 2.65 bits per heavy atom. The van der Waals surface area contributed by atoms with E-state index in [9.17, 15) is 4.79 Å². The van der Waals surface area contributed by atoms with E-state index in [1.165, 1.54) is 6.33 Å². The van der Waals surface area contributed by atoms with Crippen molar-refractivity contribution in [2.75, 3.05) is 5.32 Å². The molecule has 0 aliphatic carbocycles. The van der Waals surface area contributed by atoms with Gasteiger partial charge in [0, 0.05) is 0 Å². The van der Waals surface area contributed by atoms with Gasteiger partial charge in [-0.2, -0.15) is 9.97 Å². The van der Waals surface area contributed by atoms with Crippen molar-refractivity contribution in [3.8, 4) is 0 Å². The Kier molecular flexibility index (Phi) is 5.04. The van der Waals surface area contributed by atoms with Gasteiger partial charge in [0.05, 0.1) is 6.33 Å².